The van der Waals surface area contributed by atoms with Crippen LogP contribution in [0.25, 0.3) is 0 Å². The number of carbonyl (C=O) groups is 2. The summed E-state index contributed by atoms with van der Waals surface area (Å²) in [6.07, 6.45) is 4.39. The highest BCUT2D eigenvalue weighted by molar-refractivity contribution is 6.02. The van der Waals surface area contributed by atoms with Crippen molar-refractivity contribution in [3.05, 3.63) is 17.7 Å². The topological polar surface area (TPSA) is 107 Å². The number of nitrogens with zero attached hydrogens (tertiary/aromatic N) is 2. The van der Waals surface area contributed by atoms with Gasteiger partial charge in [0.2, 0.25) is 0 Å². The van der Waals surface area contributed by atoms with Crippen molar-refractivity contribution in [3.8, 4) is 0 Å². The fourth-order valence-electron chi connectivity index (χ4n) is 2.50. The number of carboxylic acids is 1. The van der Waals surface area contributed by atoms with Crippen LogP contribution >= 0.6 is 0 Å². The number of nitrogens with one attached hydrogen (secondary N) is 1. The van der Waals surface area contributed by atoms with E-state index in [-0.39, 0.29) is 17.9 Å². The van der Waals surface area contributed by atoms with Gasteiger partial charge in [0, 0.05) is 13.6 Å². The smallest absolute Gasteiger partial charge is 0.354 e. The zero-order valence-corrected chi connectivity index (χ0v) is 10.7. The predicted molar refractivity (Wildman–Crippen MR) is 65.9 cm³/mol. The van der Waals surface area contributed by atoms with E-state index >= 15 is 0 Å². The maximum Gasteiger partial charge on any atom is 0.354 e. The number of likely N-dealkylation sites (N-methyl/N-ethyl adjacent to an activating group) is 1. The molecular weight excluding hydrogens is 250 g/mol. The zero-order chi connectivity index (χ0) is 14.0. The van der Waals surface area contributed by atoms with E-state index in [0.29, 0.717) is 12.8 Å². The molecule has 0 aliphatic heterocycles. The van der Waals surface area contributed by atoms with Gasteiger partial charge >= 0.3 is 5.97 Å². The number of hydrogen-bond donors (Lipinski definition) is 3. The van der Waals surface area contributed by atoms with Crippen LogP contribution in [0, 0.1) is 0 Å². The molecule has 0 unspecified atom stereocenters. The Morgan fingerprint density at radius 3 is 2.68 bits per heavy atom. The van der Waals surface area contributed by atoms with Gasteiger partial charge in [-0.1, -0.05) is 12.8 Å². The van der Waals surface area contributed by atoms with Crippen LogP contribution in [-0.2, 0) is 0 Å². The molecule has 2 rings (SSSR count). The lowest BCUT2D eigenvalue weighted by Gasteiger charge is -2.28. The third-order valence-electron chi connectivity index (χ3n) is 3.47. The highest BCUT2D eigenvalue weighted by Crippen LogP contribution is 2.30. The molecule has 0 aromatic carbocycles. The summed E-state index contributed by atoms with van der Waals surface area (Å²) in [6, 6.07) is 0. The fourth-order valence-corrected chi connectivity index (χ4v) is 2.50. The number of aromatic amines is 1. The monoisotopic (exact) mass is 267 g/mol. The first-order chi connectivity index (χ1) is 8.93. The highest BCUT2D eigenvalue weighted by atomic mass is 16.4. The molecule has 1 amide bonds. The highest BCUT2D eigenvalue weighted by Gasteiger charge is 2.34. The maximum atomic E-state index is 12.1. The van der Waals surface area contributed by atoms with Crippen molar-refractivity contribution in [2.24, 2.45) is 0 Å². The first-order valence-electron chi connectivity index (χ1n) is 6.17. The second-order valence-electron chi connectivity index (χ2n) is 5.02. The van der Waals surface area contributed by atoms with E-state index in [1.165, 1.54) is 11.2 Å². The summed E-state index contributed by atoms with van der Waals surface area (Å²) < 4.78 is 0. The number of aromatic carboxylic acids is 1. The van der Waals surface area contributed by atoms with Gasteiger partial charge in [-0.05, 0) is 12.8 Å². The number of aliphatic hydroxyl groups is 1. The molecule has 0 saturated heterocycles. The van der Waals surface area contributed by atoms with E-state index in [0.717, 1.165) is 12.8 Å². The Kier molecular flexibility index (Phi) is 3.57. The second kappa shape index (κ2) is 5.00. The summed E-state index contributed by atoms with van der Waals surface area (Å²) in [6.45, 7) is 0.192. The first kappa shape index (κ1) is 13.5. The Morgan fingerprint density at radius 1 is 1.47 bits per heavy atom. The molecule has 1 aromatic rings. The summed E-state index contributed by atoms with van der Waals surface area (Å²) in [5.74, 6) is -1.73. The molecule has 104 valence electrons. The average Bonchev–Trinajstić information content (AvgIpc) is 2.96. The van der Waals surface area contributed by atoms with Gasteiger partial charge in [-0.25, -0.2) is 9.78 Å². The van der Waals surface area contributed by atoms with Crippen LogP contribution in [0.1, 0.15) is 46.7 Å². The van der Waals surface area contributed by atoms with Crippen molar-refractivity contribution < 1.29 is 19.8 Å². The maximum absolute atomic E-state index is 12.1. The van der Waals surface area contributed by atoms with Crippen molar-refractivity contribution in [1.82, 2.24) is 14.9 Å². The van der Waals surface area contributed by atoms with E-state index in [4.69, 9.17) is 5.11 Å². The Balaban J connectivity index is 2.10. The number of rotatable bonds is 4. The average molecular weight is 267 g/mol. The summed E-state index contributed by atoms with van der Waals surface area (Å²) in [5.41, 5.74) is -1.21. The molecule has 1 aromatic heterocycles. The van der Waals surface area contributed by atoms with Crippen molar-refractivity contribution >= 4 is 11.9 Å². The Labute approximate surface area is 110 Å². The minimum Gasteiger partial charge on any atom is -0.477 e. The van der Waals surface area contributed by atoms with Crippen LogP contribution in [-0.4, -0.2) is 56.2 Å². The van der Waals surface area contributed by atoms with Crippen molar-refractivity contribution in [2.45, 2.75) is 31.3 Å². The van der Waals surface area contributed by atoms with Gasteiger partial charge in [-0.3, -0.25) is 4.79 Å². The fraction of sp³-hybridized carbons (Fsp3) is 0.583. The van der Waals surface area contributed by atoms with Gasteiger partial charge in [0.25, 0.3) is 5.91 Å². The lowest BCUT2D eigenvalue weighted by molar-refractivity contribution is 0.0154. The molecule has 1 aliphatic rings. The van der Waals surface area contributed by atoms with Gasteiger partial charge in [0.15, 0.2) is 11.4 Å². The normalized spacial score (nSPS) is 17.4. The lowest BCUT2D eigenvalue weighted by Crippen LogP contribution is -2.42. The number of imidazole rings is 1. The number of H-pyrrole nitrogens is 1. The largest absolute Gasteiger partial charge is 0.477 e. The quantitative estimate of drug-likeness (QED) is 0.735. The zero-order valence-electron chi connectivity index (χ0n) is 10.7. The van der Waals surface area contributed by atoms with Crippen LogP contribution in [0.15, 0.2) is 6.33 Å². The first-order valence-corrected chi connectivity index (χ1v) is 6.17. The molecule has 1 fully saturated rings. The molecule has 0 spiro atoms. The molecule has 0 atom stereocenters. The number of aromatic nitrogens is 2. The Bertz CT molecular complexity index is 491. The summed E-state index contributed by atoms with van der Waals surface area (Å²) >= 11 is 0. The van der Waals surface area contributed by atoms with E-state index in [1.54, 1.807) is 7.05 Å². The molecule has 1 saturated carbocycles. The minimum atomic E-state index is -1.23. The summed E-state index contributed by atoms with van der Waals surface area (Å²) in [4.78, 5) is 30.6. The molecule has 1 heterocycles. The molecule has 0 radical (unpaired) electrons. The third kappa shape index (κ3) is 2.76. The van der Waals surface area contributed by atoms with Gasteiger partial charge in [0.1, 0.15) is 0 Å². The Hall–Kier alpha value is -1.89. The number of carboxylic acid groups (broad SMARTS) is 1. The van der Waals surface area contributed by atoms with Crippen LogP contribution in [0.3, 0.4) is 0 Å². The third-order valence-corrected chi connectivity index (χ3v) is 3.47. The minimum absolute atomic E-state index is 0.128. The van der Waals surface area contributed by atoms with Crippen molar-refractivity contribution in [1.29, 1.82) is 0 Å². The number of carbonyl (C=O) groups excluding carboxylic acids is 1. The van der Waals surface area contributed by atoms with Crippen LogP contribution in [0.4, 0.5) is 0 Å². The SMILES string of the molecule is CN(CC1(O)CCCC1)C(=O)c1nc[nH]c1C(=O)O. The second-order valence-corrected chi connectivity index (χ2v) is 5.02. The van der Waals surface area contributed by atoms with E-state index < -0.39 is 17.5 Å². The molecule has 7 heteroatoms. The van der Waals surface area contributed by atoms with E-state index in [1.807, 2.05) is 0 Å². The van der Waals surface area contributed by atoms with Crippen molar-refractivity contribution in [2.75, 3.05) is 13.6 Å². The van der Waals surface area contributed by atoms with E-state index in [9.17, 15) is 14.7 Å². The van der Waals surface area contributed by atoms with Gasteiger partial charge in [-0.2, -0.15) is 0 Å². The van der Waals surface area contributed by atoms with Crippen molar-refractivity contribution in [3.63, 3.8) is 0 Å². The molecule has 0 bridgehead atoms. The summed E-state index contributed by atoms with van der Waals surface area (Å²) in [5, 5.41) is 19.2. The van der Waals surface area contributed by atoms with Crippen LogP contribution < -0.4 is 0 Å². The van der Waals surface area contributed by atoms with Crippen LogP contribution in [0.2, 0.25) is 0 Å². The number of amides is 1. The molecule has 3 N–H and O–H groups in total. The predicted octanol–water partition coefficient (Wildman–Crippen LogP) is 0.485. The molecule has 1 aliphatic carbocycles. The van der Waals surface area contributed by atoms with Gasteiger partial charge < -0.3 is 20.1 Å². The van der Waals surface area contributed by atoms with E-state index in [2.05, 4.69) is 9.97 Å². The molecular formula is C12H17N3O4. The molecule has 19 heavy (non-hydrogen) atoms. The number of hydrogen-bond acceptors (Lipinski definition) is 4. The molecule has 7 nitrogen and oxygen atoms in total. The summed E-state index contributed by atoms with van der Waals surface area (Å²) in [7, 11) is 1.54. The Morgan fingerprint density at radius 2 is 2.11 bits per heavy atom. The van der Waals surface area contributed by atoms with Gasteiger partial charge in [-0.15, -0.1) is 0 Å². The standard InChI is InChI=1S/C12H17N3O4/c1-15(6-12(19)4-2-3-5-12)10(16)8-9(11(17)18)14-7-13-8/h7,19H,2-6H2,1H3,(H,13,14)(H,17,18). The van der Waals surface area contributed by atoms with Gasteiger partial charge in [0.05, 0.1) is 11.9 Å². The van der Waals surface area contributed by atoms with Crippen LogP contribution in [0.5, 0.6) is 0 Å². The lowest BCUT2D eigenvalue weighted by atomic mass is 10.0.